The maximum absolute atomic E-state index is 12.8. The largest absolute Gasteiger partial charge is 0.465 e. The van der Waals surface area contributed by atoms with Crippen molar-refractivity contribution in [2.45, 2.75) is 4.90 Å². The van der Waals surface area contributed by atoms with Crippen molar-refractivity contribution in [1.82, 2.24) is 0 Å². The van der Waals surface area contributed by atoms with Crippen LogP contribution in [-0.2, 0) is 15.0 Å². The first-order chi connectivity index (χ1) is 6.86. The number of halogens is 2. The molecule has 0 aliphatic rings. The highest BCUT2D eigenvalue weighted by Crippen LogP contribution is 2.23. The minimum atomic E-state index is -4.93. The highest BCUT2D eigenvalue weighted by atomic mass is 79.9. The molecule has 15 heavy (non-hydrogen) atoms. The van der Waals surface area contributed by atoms with Gasteiger partial charge < -0.3 is 4.74 Å². The lowest BCUT2D eigenvalue weighted by Gasteiger charge is -2.04. The maximum atomic E-state index is 12.8. The Labute approximate surface area is 94.4 Å². The highest BCUT2D eigenvalue weighted by molar-refractivity contribution is 9.10. The SMILES string of the molecule is COC(=O)c1cc(Br)ccc1S(=O)(=O)F. The monoisotopic (exact) mass is 296 g/mol. The van der Waals surface area contributed by atoms with Crippen LogP contribution in [0.3, 0.4) is 0 Å². The molecule has 0 amide bonds. The first-order valence-corrected chi connectivity index (χ1v) is 5.86. The van der Waals surface area contributed by atoms with Gasteiger partial charge in [0, 0.05) is 4.47 Å². The topological polar surface area (TPSA) is 60.4 Å². The van der Waals surface area contributed by atoms with Crippen molar-refractivity contribution in [2.24, 2.45) is 0 Å². The second-order valence-electron chi connectivity index (χ2n) is 2.57. The van der Waals surface area contributed by atoms with Gasteiger partial charge in [-0.1, -0.05) is 15.9 Å². The molecule has 0 radical (unpaired) electrons. The first-order valence-electron chi connectivity index (χ1n) is 3.69. The summed E-state index contributed by atoms with van der Waals surface area (Å²) in [7, 11) is -3.85. The van der Waals surface area contributed by atoms with Gasteiger partial charge in [0.1, 0.15) is 4.90 Å². The fourth-order valence-electron chi connectivity index (χ4n) is 0.984. The molecule has 7 heteroatoms. The minimum absolute atomic E-state index is 0.339. The second kappa shape index (κ2) is 4.28. The van der Waals surface area contributed by atoms with Crippen LogP contribution >= 0.6 is 15.9 Å². The Balaban J connectivity index is 3.47. The van der Waals surface area contributed by atoms with E-state index in [4.69, 9.17) is 0 Å². The zero-order valence-electron chi connectivity index (χ0n) is 7.53. The summed E-state index contributed by atoms with van der Waals surface area (Å²) in [6.07, 6.45) is 0. The summed E-state index contributed by atoms with van der Waals surface area (Å²) in [6.45, 7) is 0. The zero-order chi connectivity index (χ0) is 11.6. The van der Waals surface area contributed by atoms with Crippen LogP contribution in [0.5, 0.6) is 0 Å². The number of hydrogen-bond donors (Lipinski definition) is 0. The van der Waals surface area contributed by atoms with E-state index in [0.29, 0.717) is 4.47 Å². The molecule has 0 unspecified atom stereocenters. The van der Waals surface area contributed by atoms with Crippen LogP contribution in [0.2, 0.25) is 0 Å². The van der Waals surface area contributed by atoms with Crippen molar-refractivity contribution in [3.8, 4) is 0 Å². The Morgan fingerprint density at radius 1 is 1.47 bits per heavy atom. The standard InChI is InChI=1S/C8H6BrFO4S/c1-14-8(11)6-4-5(9)2-3-7(6)15(10,12)13/h2-4H,1H3. The minimum Gasteiger partial charge on any atom is -0.465 e. The molecule has 0 aliphatic heterocycles. The summed E-state index contributed by atoms with van der Waals surface area (Å²) < 4.78 is 38.9. The van der Waals surface area contributed by atoms with E-state index in [1.165, 1.54) is 12.1 Å². The average molecular weight is 297 g/mol. The quantitative estimate of drug-likeness (QED) is 0.618. The molecule has 1 aromatic carbocycles. The van der Waals surface area contributed by atoms with Crippen LogP contribution in [0.15, 0.2) is 27.6 Å². The van der Waals surface area contributed by atoms with Crippen LogP contribution in [0.25, 0.3) is 0 Å². The summed E-state index contributed by atoms with van der Waals surface area (Å²) >= 11 is 3.04. The first kappa shape index (κ1) is 12.1. The van der Waals surface area contributed by atoms with E-state index in [0.717, 1.165) is 13.2 Å². The molecule has 1 aromatic rings. The van der Waals surface area contributed by atoms with Gasteiger partial charge in [-0.3, -0.25) is 0 Å². The number of esters is 1. The van der Waals surface area contributed by atoms with Gasteiger partial charge in [0.2, 0.25) is 0 Å². The van der Waals surface area contributed by atoms with E-state index in [9.17, 15) is 17.1 Å². The molecule has 0 fully saturated rings. The molecule has 0 bridgehead atoms. The number of carbonyl (C=O) groups is 1. The number of benzene rings is 1. The van der Waals surface area contributed by atoms with E-state index in [1.807, 2.05) is 0 Å². The van der Waals surface area contributed by atoms with Gasteiger partial charge in [-0.05, 0) is 18.2 Å². The summed E-state index contributed by atoms with van der Waals surface area (Å²) in [4.78, 5) is 10.5. The van der Waals surface area contributed by atoms with Crippen molar-refractivity contribution >= 4 is 32.1 Å². The molecule has 82 valence electrons. The van der Waals surface area contributed by atoms with Crippen molar-refractivity contribution < 1.29 is 21.8 Å². The van der Waals surface area contributed by atoms with Gasteiger partial charge in [0.25, 0.3) is 0 Å². The van der Waals surface area contributed by atoms with Gasteiger partial charge in [-0.25, -0.2) is 4.79 Å². The number of rotatable bonds is 2. The molecule has 0 N–H and O–H groups in total. The Hall–Kier alpha value is -0.950. The smallest absolute Gasteiger partial charge is 0.339 e. The average Bonchev–Trinajstić information content (AvgIpc) is 2.14. The fourth-order valence-corrected chi connectivity index (χ4v) is 1.98. The fraction of sp³-hybridized carbons (Fsp3) is 0.125. The van der Waals surface area contributed by atoms with Crippen LogP contribution in [-0.4, -0.2) is 21.5 Å². The summed E-state index contributed by atoms with van der Waals surface area (Å²) in [6, 6.07) is 3.49. The summed E-state index contributed by atoms with van der Waals surface area (Å²) in [5, 5.41) is 0. The third kappa shape index (κ3) is 2.75. The molecule has 0 spiro atoms. The Bertz CT molecular complexity index is 497. The van der Waals surface area contributed by atoms with Gasteiger partial charge >= 0.3 is 16.2 Å². The van der Waals surface area contributed by atoms with Crippen LogP contribution in [0.4, 0.5) is 3.89 Å². The van der Waals surface area contributed by atoms with E-state index in [-0.39, 0.29) is 5.56 Å². The number of carbonyl (C=O) groups excluding carboxylic acids is 1. The van der Waals surface area contributed by atoms with Crippen molar-refractivity contribution in [1.29, 1.82) is 0 Å². The number of ether oxygens (including phenoxy) is 1. The van der Waals surface area contributed by atoms with E-state index >= 15 is 0 Å². The predicted octanol–water partition coefficient (Wildman–Crippen LogP) is 1.89. The predicted molar refractivity (Wildman–Crippen MR) is 53.8 cm³/mol. The van der Waals surface area contributed by atoms with Crippen molar-refractivity contribution in [2.75, 3.05) is 7.11 Å². The molecule has 0 saturated carbocycles. The van der Waals surface area contributed by atoms with Gasteiger partial charge in [-0.2, -0.15) is 8.42 Å². The molecular weight excluding hydrogens is 291 g/mol. The second-order valence-corrected chi connectivity index (χ2v) is 4.80. The maximum Gasteiger partial charge on any atom is 0.339 e. The highest BCUT2D eigenvalue weighted by Gasteiger charge is 2.22. The third-order valence-corrected chi connectivity index (χ3v) is 2.98. The van der Waals surface area contributed by atoms with E-state index in [1.54, 1.807) is 0 Å². The molecule has 0 aromatic heterocycles. The van der Waals surface area contributed by atoms with Crippen LogP contribution in [0.1, 0.15) is 10.4 Å². The Morgan fingerprint density at radius 2 is 2.07 bits per heavy atom. The zero-order valence-corrected chi connectivity index (χ0v) is 9.93. The molecule has 4 nitrogen and oxygen atoms in total. The molecule has 0 aliphatic carbocycles. The summed E-state index contributed by atoms with van der Waals surface area (Å²) in [5.41, 5.74) is -0.339. The molecule has 1 rings (SSSR count). The lowest BCUT2D eigenvalue weighted by molar-refractivity contribution is 0.0596. The molecular formula is C8H6BrFO4S. The van der Waals surface area contributed by atoms with Gasteiger partial charge in [0.05, 0.1) is 12.7 Å². The van der Waals surface area contributed by atoms with E-state index in [2.05, 4.69) is 20.7 Å². The summed E-state index contributed by atoms with van der Waals surface area (Å²) in [5.74, 6) is -0.910. The molecule has 0 saturated heterocycles. The normalized spacial score (nSPS) is 11.1. The van der Waals surface area contributed by atoms with E-state index < -0.39 is 21.1 Å². The van der Waals surface area contributed by atoms with Gasteiger partial charge in [0.15, 0.2) is 0 Å². The van der Waals surface area contributed by atoms with Crippen LogP contribution < -0.4 is 0 Å². The Kier molecular flexibility index (Phi) is 3.46. The number of hydrogen-bond acceptors (Lipinski definition) is 4. The van der Waals surface area contributed by atoms with Crippen molar-refractivity contribution in [3.05, 3.63) is 28.2 Å². The Morgan fingerprint density at radius 3 is 2.53 bits per heavy atom. The third-order valence-electron chi connectivity index (χ3n) is 1.61. The molecule has 0 heterocycles. The van der Waals surface area contributed by atoms with Crippen molar-refractivity contribution in [3.63, 3.8) is 0 Å². The molecule has 0 atom stereocenters. The van der Waals surface area contributed by atoms with Gasteiger partial charge in [-0.15, -0.1) is 3.89 Å². The lowest BCUT2D eigenvalue weighted by atomic mass is 10.2. The van der Waals surface area contributed by atoms with Crippen LogP contribution in [0, 0.1) is 0 Å². The lowest BCUT2D eigenvalue weighted by Crippen LogP contribution is -2.07. The number of methoxy groups -OCH3 is 1.